The summed E-state index contributed by atoms with van der Waals surface area (Å²) in [6, 6.07) is 10.7. The molecule has 0 amide bonds. The molecule has 0 saturated heterocycles. The van der Waals surface area contributed by atoms with Crippen LogP contribution in [0.2, 0.25) is 0 Å². The van der Waals surface area contributed by atoms with E-state index in [4.69, 9.17) is 14.2 Å². The molecule has 0 spiro atoms. The molecule has 0 heterocycles. The first-order valence-corrected chi connectivity index (χ1v) is 15.4. The van der Waals surface area contributed by atoms with Crippen LogP contribution < -0.4 is 119 Å². The van der Waals surface area contributed by atoms with Crippen molar-refractivity contribution in [3.8, 4) is 17.2 Å². The van der Waals surface area contributed by atoms with Crippen molar-refractivity contribution in [2.24, 2.45) is 0 Å². The van der Waals surface area contributed by atoms with Crippen molar-refractivity contribution in [1.29, 1.82) is 0 Å². The maximum absolute atomic E-state index is 12.0. The number of ether oxygens (including phenoxy) is 3. The minimum absolute atomic E-state index is 0. The molecule has 0 aromatic heterocycles. The number of methoxy groups -OCH3 is 3. The van der Waals surface area contributed by atoms with Gasteiger partial charge in [-0.05, 0) is 26.1 Å². The molecule has 0 N–H and O–H groups in total. The zero-order valence-electron chi connectivity index (χ0n) is 22.3. The van der Waals surface area contributed by atoms with Crippen molar-refractivity contribution in [1.82, 2.24) is 0 Å². The average Bonchev–Trinajstić information content (AvgIpc) is 2.82. The molecule has 0 radical (unpaired) electrons. The number of rotatable bonds is 9. The van der Waals surface area contributed by atoms with E-state index in [1.807, 2.05) is 0 Å². The van der Waals surface area contributed by atoms with Gasteiger partial charge in [0.2, 0.25) is 0 Å². The van der Waals surface area contributed by atoms with Crippen LogP contribution in [0.15, 0.2) is 69.3 Å². The molecule has 0 aliphatic rings. The van der Waals surface area contributed by atoms with Crippen molar-refractivity contribution >= 4 is 54.2 Å². The predicted octanol–water partition coefficient (Wildman–Crippen LogP) is -8.81. The topological polar surface area (TPSA) is 199 Å². The van der Waals surface area contributed by atoms with Crippen LogP contribution in [0.4, 0.5) is 0 Å². The Kier molecular flexibility index (Phi) is 15.9. The van der Waals surface area contributed by atoms with Crippen molar-refractivity contribution in [2.75, 3.05) is 21.3 Å². The van der Waals surface area contributed by atoms with Gasteiger partial charge in [0.1, 0.15) is 47.6 Å². The standard InChI is InChI=1S/C21H21O12PS3.3Na/c1-31-19-13(7-4-10-16(19)35(22,23)24)34(14-8-5-11-17(20(14)32-2)36(25,26)27)15-9-6-12-18(21(15)33-3)37(28,29)30;;;/h4-12H,1-3H3,(H,22,23,24)(H,25,26,27)(H,28,29,30);;;/q;3*+1/p-3. The quantitative estimate of drug-likeness (QED) is 0.120. The summed E-state index contributed by atoms with van der Waals surface area (Å²) in [5.41, 5.74) is 0. The van der Waals surface area contributed by atoms with Crippen LogP contribution in [0, 0.1) is 0 Å². The monoisotopic (exact) mass is 658 g/mol. The Balaban J connectivity index is 0.00000507. The Bertz CT molecular complexity index is 1480. The average molecular weight is 659 g/mol. The number of para-hydroxylation sites is 3. The second kappa shape index (κ2) is 15.8. The molecule has 3 aromatic rings. The third-order valence-electron chi connectivity index (χ3n) is 5.02. The van der Waals surface area contributed by atoms with Gasteiger partial charge >= 0.3 is 88.7 Å². The predicted molar refractivity (Wildman–Crippen MR) is 129 cm³/mol. The Hall–Kier alpha value is 0.220. The van der Waals surface area contributed by atoms with Gasteiger partial charge in [-0.15, -0.1) is 0 Å². The molecule has 40 heavy (non-hydrogen) atoms. The Morgan fingerprint density at radius 1 is 0.500 bits per heavy atom. The smallest absolute Gasteiger partial charge is 0.744 e. The zero-order valence-corrected chi connectivity index (χ0v) is 31.6. The van der Waals surface area contributed by atoms with Crippen molar-refractivity contribution in [2.45, 2.75) is 14.7 Å². The molecule has 3 aromatic carbocycles. The first kappa shape index (κ1) is 40.2. The van der Waals surface area contributed by atoms with E-state index in [-0.39, 0.29) is 105 Å². The van der Waals surface area contributed by atoms with Crippen LogP contribution in [0.3, 0.4) is 0 Å². The molecule has 12 nitrogen and oxygen atoms in total. The first-order valence-electron chi connectivity index (χ1n) is 9.85. The van der Waals surface area contributed by atoms with E-state index in [2.05, 4.69) is 0 Å². The summed E-state index contributed by atoms with van der Waals surface area (Å²) >= 11 is 0. The summed E-state index contributed by atoms with van der Waals surface area (Å²) in [6.07, 6.45) is 0. The number of benzene rings is 3. The maximum Gasteiger partial charge on any atom is 1.00 e. The summed E-state index contributed by atoms with van der Waals surface area (Å²) in [5.74, 6) is -1.25. The molecule has 0 aliphatic heterocycles. The number of hydrogen-bond donors (Lipinski definition) is 0. The molecular formula is C21H18Na3O12PS3. The van der Waals surface area contributed by atoms with Crippen molar-refractivity contribution in [3.63, 3.8) is 0 Å². The molecule has 0 saturated carbocycles. The molecule has 0 bridgehead atoms. The second-order valence-corrected chi connectivity index (χ2v) is 13.3. The van der Waals surface area contributed by atoms with Gasteiger partial charge in [-0.3, -0.25) is 0 Å². The zero-order chi connectivity index (χ0) is 27.8. The normalized spacial score (nSPS) is 11.5. The van der Waals surface area contributed by atoms with Gasteiger partial charge in [-0.1, -0.05) is 36.4 Å². The summed E-state index contributed by atoms with van der Waals surface area (Å²) in [4.78, 5) is -2.26. The summed E-state index contributed by atoms with van der Waals surface area (Å²) in [7, 11) is -14.3. The van der Waals surface area contributed by atoms with Crippen molar-refractivity contribution < 1.29 is 142 Å². The molecule has 3 rings (SSSR count). The van der Waals surface area contributed by atoms with Gasteiger partial charge in [0.05, 0.1) is 36.0 Å². The molecule has 200 valence electrons. The first-order chi connectivity index (χ1) is 17.2. The molecule has 0 aliphatic carbocycles. The third kappa shape index (κ3) is 8.65. The SMILES string of the molecule is COc1c(P(c2cccc(S(=O)(=O)[O-])c2OC)c2cccc(S(=O)(=O)[O-])c2OC)cccc1S(=O)(=O)[O-].[Na+].[Na+].[Na+]. The van der Waals surface area contributed by atoms with Crippen LogP contribution in [-0.4, -0.2) is 60.2 Å². The van der Waals surface area contributed by atoms with E-state index in [0.29, 0.717) is 0 Å². The summed E-state index contributed by atoms with van der Waals surface area (Å²) in [6.45, 7) is 0. The molecule has 19 heteroatoms. The molecule has 0 atom stereocenters. The maximum atomic E-state index is 12.0. The Morgan fingerprint density at radius 3 is 0.900 bits per heavy atom. The molecule has 0 unspecified atom stereocenters. The van der Waals surface area contributed by atoms with Crippen LogP contribution >= 0.6 is 7.92 Å². The van der Waals surface area contributed by atoms with Crippen LogP contribution in [-0.2, 0) is 30.4 Å². The van der Waals surface area contributed by atoms with Gasteiger partial charge in [-0.25, -0.2) is 25.3 Å². The van der Waals surface area contributed by atoms with E-state index in [0.717, 1.165) is 39.5 Å². The van der Waals surface area contributed by atoms with Gasteiger partial charge in [0, 0.05) is 15.9 Å². The van der Waals surface area contributed by atoms with E-state index >= 15 is 0 Å². The fourth-order valence-electron chi connectivity index (χ4n) is 3.64. The van der Waals surface area contributed by atoms with Gasteiger partial charge in [-0.2, -0.15) is 0 Å². The Morgan fingerprint density at radius 2 is 0.725 bits per heavy atom. The van der Waals surface area contributed by atoms with Crippen molar-refractivity contribution in [3.05, 3.63) is 54.6 Å². The van der Waals surface area contributed by atoms with Crippen LogP contribution in [0.5, 0.6) is 17.2 Å². The van der Waals surface area contributed by atoms with Gasteiger partial charge in [0.15, 0.2) is 0 Å². The van der Waals surface area contributed by atoms with E-state index < -0.39 is 70.2 Å². The molecule has 0 fully saturated rings. The summed E-state index contributed by atoms with van der Waals surface area (Å²) < 4.78 is 123. The minimum Gasteiger partial charge on any atom is -0.744 e. The fourth-order valence-corrected chi connectivity index (χ4v) is 8.59. The van der Waals surface area contributed by atoms with Crippen LogP contribution in [0.1, 0.15) is 0 Å². The summed E-state index contributed by atoms with van der Waals surface area (Å²) in [5, 5.41) is -0.0224. The fraction of sp³-hybridized carbons (Fsp3) is 0.143. The van der Waals surface area contributed by atoms with Crippen LogP contribution in [0.25, 0.3) is 0 Å². The Labute approximate surface area is 300 Å². The second-order valence-electron chi connectivity index (χ2n) is 7.12. The minimum atomic E-state index is -5.08. The van der Waals surface area contributed by atoms with E-state index in [1.165, 1.54) is 36.4 Å². The van der Waals surface area contributed by atoms with Gasteiger partial charge < -0.3 is 27.9 Å². The van der Waals surface area contributed by atoms with E-state index in [1.54, 1.807) is 0 Å². The van der Waals surface area contributed by atoms with E-state index in [9.17, 15) is 38.9 Å². The number of hydrogen-bond acceptors (Lipinski definition) is 12. The largest absolute Gasteiger partial charge is 1.00 e. The molecular weight excluding hydrogens is 640 g/mol. The van der Waals surface area contributed by atoms with Gasteiger partial charge in [0.25, 0.3) is 0 Å². The third-order valence-corrected chi connectivity index (χ3v) is 10.1.